The first-order valence-electron chi connectivity index (χ1n) is 12.9. The predicted molar refractivity (Wildman–Crippen MR) is 146 cm³/mol. The minimum Gasteiger partial charge on any atom is -0.494 e. The zero-order valence-corrected chi connectivity index (χ0v) is 22.1. The number of amides is 2. The summed E-state index contributed by atoms with van der Waals surface area (Å²) in [4.78, 5) is 30.6. The number of ether oxygens (including phenoxy) is 1. The van der Waals surface area contributed by atoms with Crippen molar-refractivity contribution in [2.45, 2.75) is 49.8 Å². The van der Waals surface area contributed by atoms with Crippen LogP contribution in [0.3, 0.4) is 0 Å². The van der Waals surface area contributed by atoms with Crippen molar-refractivity contribution in [2.75, 3.05) is 23.0 Å². The van der Waals surface area contributed by atoms with Crippen LogP contribution in [-0.2, 0) is 9.59 Å². The summed E-state index contributed by atoms with van der Waals surface area (Å²) in [5, 5.41) is 6.15. The molecular formula is C28H31N3O3S2. The van der Waals surface area contributed by atoms with Gasteiger partial charge in [-0.2, -0.15) is 0 Å². The van der Waals surface area contributed by atoms with Crippen molar-refractivity contribution in [3.63, 3.8) is 0 Å². The van der Waals surface area contributed by atoms with Crippen molar-refractivity contribution < 1.29 is 14.3 Å². The molecule has 6 nitrogen and oxygen atoms in total. The molecule has 4 saturated carbocycles. The third kappa shape index (κ3) is 4.85. The summed E-state index contributed by atoms with van der Waals surface area (Å²) >= 11 is 2.99. The first-order valence-corrected chi connectivity index (χ1v) is 14.7. The molecule has 0 spiro atoms. The number of anilines is 2. The molecule has 4 aliphatic carbocycles. The average molecular weight is 522 g/mol. The van der Waals surface area contributed by atoms with Crippen LogP contribution < -0.4 is 15.4 Å². The van der Waals surface area contributed by atoms with Gasteiger partial charge < -0.3 is 15.4 Å². The normalized spacial score (nSPS) is 26.2. The maximum atomic E-state index is 13.4. The van der Waals surface area contributed by atoms with Crippen LogP contribution in [0.1, 0.15) is 45.4 Å². The molecule has 7 rings (SSSR count). The highest BCUT2D eigenvalue weighted by Gasteiger charge is 2.54. The van der Waals surface area contributed by atoms with Crippen LogP contribution in [0.2, 0.25) is 0 Å². The summed E-state index contributed by atoms with van der Waals surface area (Å²) in [6.07, 6.45) is 7.07. The van der Waals surface area contributed by atoms with E-state index in [4.69, 9.17) is 4.74 Å². The number of carbonyl (C=O) groups excluding carboxylic acids is 2. The van der Waals surface area contributed by atoms with Crippen molar-refractivity contribution >= 4 is 56.5 Å². The fourth-order valence-electron chi connectivity index (χ4n) is 6.85. The van der Waals surface area contributed by atoms with E-state index in [2.05, 4.69) is 15.6 Å². The van der Waals surface area contributed by atoms with E-state index in [1.54, 1.807) is 11.3 Å². The molecule has 2 aromatic carbocycles. The number of nitrogens with one attached hydrogen (secondary N) is 2. The van der Waals surface area contributed by atoms with Gasteiger partial charge in [0, 0.05) is 11.4 Å². The molecule has 4 fully saturated rings. The van der Waals surface area contributed by atoms with Gasteiger partial charge in [0.2, 0.25) is 11.8 Å². The van der Waals surface area contributed by atoms with Crippen molar-refractivity contribution in [1.29, 1.82) is 0 Å². The summed E-state index contributed by atoms with van der Waals surface area (Å²) in [6.45, 7) is 2.59. The summed E-state index contributed by atoms with van der Waals surface area (Å²) in [5.41, 5.74) is 2.16. The van der Waals surface area contributed by atoms with Gasteiger partial charge in [0.1, 0.15) is 5.75 Å². The second kappa shape index (κ2) is 9.71. The largest absolute Gasteiger partial charge is 0.494 e. The van der Waals surface area contributed by atoms with Crippen LogP contribution in [0.15, 0.2) is 46.8 Å². The number of benzene rings is 2. The molecule has 4 aliphatic rings. The van der Waals surface area contributed by atoms with Gasteiger partial charge in [-0.3, -0.25) is 9.59 Å². The number of hydrogen-bond acceptors (Lipinski definition) is 6. The van der Waals surface area contributed by atoms with Crippen LogP contribution in [0, 0.1) is 23.2 Å². The lowest BCUT2D eigenvalue weighted by atomic mass is 9.49. The fourth-order valence-corrected chi connectivity index (χ4v) is 8.75. The molecule has 0 aliphatic heterocycles. The Bertz CT molecular complexity index is 1270. The molecule has 1 heterocycles. The molecule has 188 valence electrons. The van der Waals surface area contributed by atoms with Crippen LogP contribution in [-0.4, -0.2) is 29.2 Å². The molecule has 8 heteroatoms. The Morgan fingerprint density at radius 1 is 1.03 bits per heavy atom. The maximum absolute atomic E-state index is 13.4. The number of rotatable bonds is 8. The summed E-state index contributed by atoms with van der Waals surface area (Å²) in [5.74, 6) is 3.36. The zero-order valence-electron chi connectivity index (χ0n) is 20.4. The minimum atomic E-state index is -0.189. The highest BCUT2D eigenvalue weighted by Crippen LogP contribution is 2.60. The number of thiazole rings is 1. The maximum Gasteiger partial charge on any atom is 0.234 e. The third-order valence-corrected chi connectivity index (χ3v) is 10.1. The monoisotopic (exact) mass is 521 g/mol. The molecule has 36 heavy (non-hydrogen) atoms. The zero-order chi connectivity index (χ0) is 24.7. The Hall–Kier alpha value is -2.58. The third-order valence-electron chi connectivity index (χ3n) is 7.90. The lowest BCUT2D eigenvalue weighted by molar-refractivity contribution is -0.140. The van der Waals surface area contributed by atoms with Crippen molar-refractivity contribution in [1.82, 2.24) is 4.98 Å². The predicted octanol–water partition coefficient (Wildman–Crippen LogP) is 6.58. The first-order chi connectivity index (χ1) is 17.5. The lowest BCUT2D eigenvalue weighted by Gasteiger charge is -2.55. The van der Waals surface area contributed by atoms with Gasteiger partial charge in [0.05, 0.1) is 28.0 Å². The van der Waals surface area contributed by atoms with E-state index in [0.717, 1.165) is 63.0 Å². The van der Waals surface area contributed by atoms with Crippen LogP contribution in [0.25, 0.3) is 10.2 Å². The van der Waals surface area contributed by atoms with E-state index in [9.17, 15) is 9.59 Å². The van der Waals surface area contributed by atoms with Gasteiger partial charge in [0.15, 0.2) is 4.34 Å². The van der Waals surface area contributed by atoms with Crippen molar-refractivity contribution in [3.8, 4) is 5.75 Å². The Morgan fingerprint density at radius 2 is 1.72 bits per heavy atom. The van der Waals surface area contributed by atoms with Gasteiger partial charge in [-0.05, 0) is 99.6 Å². The molecular weight excluding hydrogens is 490 g/mol. The Kier molecular flexibility index (Phi) is 6.42. The van der Waals surface area contributed by atoms with Crippen LogP contribution in [0.4, 0.5) is 11.4 Å². The molecule has 2 N–H and O–H groups in total. The van der Waals surface area contributed by atoms with E-state index < -0.39 is 0 Å². The van der Waals surface area contributed by atoms with E-state index in [0.29, 0.717) is 12.3 Å². The summed E-state index contributed by atoms with van der Waals surface area (Å²) < 4.78 is 7.46. The smallest absolute Gasteiger partial charge is 0.234 e. The second-order valence-corrected chi connectivity index (χ2v) is 12.9. The lowest BCUT2D eigenvalue weighted by Crippen LogP contribution is -2.51. The van der Waals surface area contributed by atoms with Crippen molar-refractivity contribution in [3.05, 3.63) is 42.5 Å². The van der Waals surface area contributed by atoms with E-state index in [1.807, 2.05) is 49.4 Å². The second-order valence-electron chi connectivity index (χ2n) is 10.6. The highest BCUT2D eigenvalue weighted by molar-refractivity contribution is 8.01. The topological polar surface area (TPSA) is 80.3 Å². The average Bonchev–Trinajstić information content (AvgIpc) is 3.25. The standard InChI is InChI=1S/C28H31N3O3S2/c1-2-34-22-6-7-23-24(12-22)36-27(31-23)35-16-25(32)29-20-4-3-5-21(11-20)30-26(33)28-13-17-8-18(14-28)10-19(9-17)15-28/h3-7,11-12,17-19H,2,8-10,13-16H2,1H3,(H,29,32)(H,30,33). The highest BCUT2D eigenvalue weighted by atomic mass is 32.2. The number of carbonyl (C=O) groups is 2. The molecule has 3 aromatic rings. The molecule has 4 bridgehead atoms. The van der Waals surface area contributed by atoms with Gasteiger partial charge >= 0.3 is 0 Å². The number of fused-ring (bicyclic) bond motifs is 1. The summed E-state index contributed by atoms with van der Waals surface area (Å²) in [7, 11) is 0. The quantitative estimate of drug-likeness (QED) is 0.327. The number of hydrogen-bond donors (Lipinski definition) is 2. The Balaban J connectivity index is 1.05. The van der Waals surface area contributed by atoms with E-state index in [1.165, 1.54) is 31.0 Å². The Morgan fingerprint density at radius 3 is 2.42 bits per heavy atom. The molecule has 1 aromatic heterocycles. The van der Waals surface area contributed by atoms with Crippen molar-refractivity contribution in [2.24, 2.45) is 23.2 Å². The van der Waals surface area contributed by atoms with E-state index >= 15 is 0 Å². The molecule has 0 saturated heterocycles. The van der Waals surface area contributed by atoms with Crippen LogP contribution >= 0.6 is 23.1 Å². The van der Waals surface area contributed by atoms with Gasteiger partial charge in [0.25, 0.3) is 0 Å². The van der Waals surface area contributed by atoms with E-state index in [-0.39, 0.29) is 23.0 Å². The number of aromatic nitrogens is 1. The first kappa shape index (κ1) is 23.8. The SMILES string of the molecule is CCOc1ccc2nc(SCC(=O)Nc3cccc(NC(=O)C45CC6CC(CC(C6)C4)C5)c3)sc2c1. The number of thioether (sulfide) groups is 1. The molecule has 0 radical (unpaired) electrons. The van der Waals surface area contributed by atoms with Gasteiger partial charge in [-0.15, -0.1) is 11.3 Å². The number of nitrogens with zero attached hydrogens (tertiary/aromatic N) is 1. The molecule has 2 amide bonds. The van der Waals surface area contributed by atoms with Gasteiger partial charge in [-0.1, -0.05) is 17.8 Å². The minimum absolute atomic E-state index is 0.0983. The van der Waals surface area contributed by atoms with Crippen LogP contribution in [0.5, 0.6) is 5.75 Å². The van der Waals surface area contributed by atoms with Gasteiger partial charge in [-0.25, -0.2) is 4.98 Å². The Labute approximate surface area is 219 Å². The fraction of sp³-hybridized carbons (Fsp3) is 0.464. The summed E-state index contributed by atoms with van der Waals surface area (Å²) in [6, 6.07) is 13.3. The molecule has 0 atom stereocenters. The molecule has 0 unspecified atom stereocenters.